The Morgan fingerprint density at radius 1 is 1.05 bits per heavy atom. The number of hydrogen-bond donors (Lipinski definition) is 4. The minimum Gasteiger partial charge on any atom is -0.375 e. The summed E-state index contributed by atoms with van der Waals surface area (Å²) in [6.07, 6.45) is 0.337. The number of carbonyl (C=O) groups excluding carboxylic acids is 1. The van der Waals surface area contributed by atoms with E-state index in [-0.39, 0.29) is 24.3 Å². The van der Waals surface area contributed by atoms with E-state index >= 15 is 0 Å². The van der Waals surface area contributed by atoms with Crippen LogP contribution in [0.2, 0.25) is 0 Å². The van der Waals surface area contributed by atoms with Crippen molar-refractivity contribution in [3.8, 4) is 0 Å². The lowest BCUT2D eigenvalue weighted by Gasteiger charge is -2.48. The smallest absolute Gasteiger partial charge is 0.375 e. The normalized spacial score (nSPS) is 25.3. The highest BCUT2D eigenvalue weighted by Crippen LogP contribution is 2.53. The van der Waals surface area contributed by atoms with Crippen LogP contribution in [0.5, 0.6) is 0 Å². The van der Waals surface area contributed by atoms with Crippen molar-refractivity contribution in [1.82, 2.24) is 19.8 Å². The van der Waals surface area contributed by atoms with Crippen LogP contribution in [0.1, 0.15) is 35.5 Å². The first-order valence-corrected chi connectivity index (χ1v) is 14.3. The van der Waals surface area contributed by atoms with Crippen LogP contribution in [0.4, 0.5) is 0 Å². The number of likely N-dealkylation sites (N-methyl/N-ethyl adjacent to an activating group) is 1. The molecule has 208 valence electrons. The second kappa shape index (κ2) is 8.49. The first kappa shape index (κ1) is 25.4. The number of amides is 1. The molecule has 40 heavy (non-hydrogen) atoms. The van der Waals surface area contributed by atoms with E-state index in [4.69, 9.17) is 27.0 Å². The minimum absolute atomic E-state index is 0.00357. The number of aromatic nitrogens is 2. The van der Waals surface area contributed by atoms with E-state index in [1.807, 2.05) is 7.05 Å². The zero-order chi connectivity index (χ0) is 28.1. The summed E-state index contributed by atoms with van der Waals surface area (Å²) < 4.78 is 49.5. The summed E-state index contributed by atoms with van der Waals surface area (Å²) >= 11 is 0. The second-order valence-electron chi connectivity index (χ2n) is 10.6. The average Bonchev–Trinajstić information content (AvgIpc) is 3.55. The van der Waals surface area contributed by atoms with Crippen LogP contribution in [0.3, 0.4) is 0 Å². The molecule has 3 aliphatic heterocycles. The Morgan fingerprint density at radius 2 is 1.68 bits per heavy atom. The van der Waals surface area contributed by atoms with E-state index in [9.17, 15) is 4.79 Å². The van der Waals surface area contributed by atoms with Gasteiger partial charge in [-0.25, -0.2) is 0 Å². The Balaban J connectivity index is 0.000000490. The summed E-state index contributed by atoms with van der Waals surface area (Å²) in [4.78, 5) is 13.3. The van der Waals surface area contributed by atoms with Crippen molar-refractivity contribution in [3.63, 3.8) is 0 Å². The number of carbonyl (C=O) groups is 1. The Labute approximate surface area is 229 Å². The predicted molar refractivity (Wildman–Crippen MR) is 150 cm³/mol. The SMILES string of the molecule is CN[C@H]1C[C@@H]2O[C@](C)([C@H]1OC)n1c3ccccc3c3c4c(c5c6ccccc6n2c5c31)C(=O)NC4.O=S(=O)(O)O. The minimum atomic E-state index is -4.67. The second-order valence-corrected chi connectivity index (χ2v) is 11.5. The molecule has 11 nitrogen and oxygen atoms in total. The third-order valence-corrected chi connectivity index (χ3v) is 8.60. The number of rotatable bonds is 2. The van der Waals surface area contributed by atoms with Crippen LogP contribution in [-0.4, -0.2) is 58.9 Å². The summed E-state index contributed by atoms with van der Waals surface area (Å²) in [6.45, 7) is 2.68. The standard InChI is InChI=1S/C28H26N4O3.H2O4S/c1-28-26(34-3)17(29-2)12-20(35-28)31-18-10-6-4-8-14(18)22-23-16(13-30-27(23)33)21-15-9-5-7-11-19(15)32(28)25(21)24(22)31;1-5(2,3)4/h4-11,17,20,26,29H,12-13H2,1-3H3,(H,30,33);(H2,1,2,3,4)/t17-,20-,26-,28+;/m0./s1. The lowest BCUT2D eigenvalue weighted by molar-refractivity contribution is -0.256. The van der Waals surface area contributed by atoms with E-state index < -0.39 is 16.1 Å². The molecular weight excluding hydrogens is 536 g/mol. The summed E-state index contributed by atoms with van der Waals surface area (Å²) in [5.74, 6) is 0.00357. The summed E-state index contributed by atoms with van der Waals surface area (Å²) in [5, 5.41) is 11.0. The molecule has 2 aromatic heterocycles. The number of methoxy groups -OCH3 is 1. The molecule has 5 heterocycles. The van der Waals surface area contributed by atoms with E-state index in [0.717, 1.165) is 61.2 Å². The average molecular weight is 565 g/mol. The monoisotopic (exact) mass is 564 g/mol. The summed E-state index contributed by atoms with van der Waals surface area (Å²) in [5.41, 5.74) is 5.51. The number of nitrogens with zero attached hydrogens (tertiary/aromatic N) is 2. The third kappa shape index (κ3) is 3.28. The van der Waals surface area contributed by atoms with Crippen LogP contribution in [0.15, 0.2) is 48.5 Å². The van der Waals surface area contributed by atoms with Crippen LogP contribution < -0.4 is 10.6 Å². The number of hydrogen-bond acceptors (Lipinski definition) is 6. The fraction of sp³-hybridized carbons (Fsp3) is 0.321. The molecule has 1 saturated heterocycles. The van der Waals surface area contributed by atoms with Gasteiger partial charge in [0.25, 0.3) is 5.91 Å². The Kier molecular flexibility index (Phi) is 5.40. The highest BCUT2D eigenvalue weighted by Gasteiger charge is 2.53. The Morgan fingerprint density at radius 3 is 2.33 bits per heavy atom. The molecule has 0 unspecified atom stereocenters. The Hall–Kier alpha value is -3.52. The molecule has 0 saturated carbocycles. The molecule has 0 radical (unpaired) electrons. The van der Waals surface area contributed by atoms with Gasteiger partial charge in [-0.2, -0.15) is 8.42 Å². The van der Waals surface area contributed by atoms with Gasteiger partial charge in [0.2, 0.25) is 0 Å². The zero-order valence-corrected chi connectivity index (χ0v) is 22.8. The summed E-state index contributed by atoms with van der Waals surface area (Å²) in [7, 11) is -0.898. The molecule has 4 N–H and O–H groups in total. The van der Waals surface area contributed by atoms with Crippen molar-refractivity contribution < 1.29 is 31.8 Å². The molecule has 0 spiro atoms. The Bertz CT molecular complexity index is 1990. The van der Waals surface area contributed by atoms with Gasteiger partial charge in [-0.05, 0) is 31.7 Å². The van der Waals surface area contributed by atoms with Gasteiger partial charge >= 0.3 is 10.4 Å². The largest absolute Gasteiger partial charge is 0.394 e. The first-order chi connectivity index (χ1) is 19.1. The molecule has 12 heteroatoms. The van der Waals surface area contributed by atoms with Crippen LogP contribution in [-0.2, 0) is 32.1 Å². The summed E-state index contributed by atoms with van der Waals surface area (Å²) in [6, 6.07) is 17.0. The maximum Gasteiger partial charge on any atom is 0.394 e. The molecule has 8 rings (SSSR count). The van der Waals surface area contributed by atoms with E-state index in [2.05, 4.69) is 75.2 Å². The topological polar surface area (TPSA) is 144 Å². The van der Waals surface area contributed by atoms with E-state index in [0.29, 0.717) is 6.54 Å². The molecule has 3 aromatic carbocycles. The van der Waals surface area contributed by atoms with Crippen molar-refractivity contribution in [2.45, 2.75) is 44.0 Å². The van der Waals surface area contributed by atoms with Crippen molar-refractivity contribution in [2.75, 3.05) is 14.2 Å². The van der Waals surface area contributed by atoms with Gasteiger partial charge in [-0.1, -0.05) is 36.4 Å². The fourth-order valence-electron chi connectivity index (χ4n) is 7.33. The fourth-order valence-corrected chi connectivity index (χ4v) is 7.33. The molecule has 1 amide bonds. The highest BCUT2D eigenvalue weighted by molar-refractivity contribution is 7.79. The molecule has 1 fully saturated rings. The van der Waals surface area contributed by atoms with Gasteiger partial charge in [-0.3, -0.25) is 13.9 Å². The van der Waals surface area contributed by atoms with Gasteiger partial charge in [0, 0.05) is 47.7 Å². The quantitative estimate of drug-likeness (QED) is 0.238. The van der Waals surface area contributed by atoms with Gasteiger partial charge in [-0.15, -0.1) is 0 Å². The number of para-hydroxylation sites is 2. The van der Waals surface area contributed by atoms with Crippen molar-refractivity contribution >= 4 is 59.9 Å². The molecule has 0 aliphatic carbocycles. The number of benzene rings is 3. The van der Waals surface area contributed by atoms with Gasteiger partial charge in [0.15, 0.2) is 5.72 Å². The van der Waals surface area contributed by atoms with Gasteiger partial charge < -0.3 is 29.2 Å². The number of ether oxygens (including phenoxy) is 2. The number of nitrogens with one attached hydrogen (secondary N) is 2. The lowest BCUT2D eigenvalue weighted by Crippen LogP contribution is -2.59. The number of fused-ring (bicyclic) bond motifs is 13. The van der Waals surface area contributed by atoms with Crippen LogP contribution >= 0.6 is 0 Å². The highest BCUT2D eigenvalue weighted by atomic mass is 32.3. The van der Waals surface area contributed by atoms with Crippen molar-refractivity contribution in [2.24, 2.45) is 0 Å². The molecule has 5 aromatic rings. The predicted octanol–water partition coefficient (Wildman–Crippen LogP) is 3.70. The molecule has 4 atom stereocenters. The maximum absolute atomic E-state index is 13.3. The molecule has 3 aliphatic rings. The third-order valence-electron chi connectivity index (χ3n) is 8.60. The van der Waals surface area contributed by atoms with Crippen molar-refractivity contribution in [3.05, 3.63) is 59.7 Å². The van der Waals surface area contributed by atoms with Gasteiger partial charge in [0.1, 0.15) is 12.3 Å². The van der Waals surface area contributed by atoms with Gasteiger partial charge in [0.05, 0.1) is 27.6 Å². The maximum atomic E-state index is 13.3. The van der Waals surface area contributed by atoms with Crippen LogP contribution in [0, 0.1) is 0 Å². The van der Waals surface area contributed by atoms with E-state index in [1.54, 1.807) is 7.11 Å². The van der Waals surface area contributed by atoms with Crippen LogP contribution in [0.25, 0.3) is 43.6 Å². The molecular formula is C28H28N4O7S. The lowest BCUT2D eigenvalue weighted by atomic mass is 9.93. The van der Waals surface area contributed by atoms with Crippen molar-refractivity contribution in [1.29, 1.82) is 0 Å². The zero-order valence-electron chi connectivity index (χ0n) is 22.0. The first-order valence-electron chi connectivity index (χ1n) is 13.0. The molecule has 2 bridgehead atoms. The van der Waals surface area contributed by atoms with E-state index in [1.165, 1.54) is 0 Å².